The van der Waals surface area contributed by atoms with Gasteiger partial charge < -0.3 is 0 Å². The molecule has 0 unspecified atom stereocenters. The van der Waals surface area contributed by atoms with E-state index in [1.54, 1.807) is 6.07 Å². The monoisotopic (exact) mass is 284 g/mol. The van der Waals surface area contributed by atoms with Gasteiger partial charge in [-0.05, 0) is 40.9 Å². The maximum absolute atomic E-state index is 9.33. The van der Waals surface area contributed by atoms with Gasteiger partial charge in [0, 0.05) is 4.47 Å². The molecule has 0 aliphatic heterocycles. The Hall–Kier alpha value is -0.590. The lowest BCUT2D eigenvalue weighted by Gasteiger charge is -2.20. The van der Waals surface area contributed by atoms with Crippen LogP contribution < -0.4 is 0 Å². The van der Waals surface area contributed by atoms with Crippen LogP contribution in [0.25, 0.3) is 0 Å². The van der Waals surface area contributed by atoms with Gasteiger partial charge in [0.1, 0.15) is 10.6 Å². The standard InChI is InChI=1S/C11H10BrClN2/c12-8-3-4-9(13)15-10(8)11(7-14)5-1-2-6-11/h3-4H,1-2,5-6H2. The molecule has 1 aliphatic carbocycles. The van der Waals surface area contributed by atoms with Crippen LogP contribution in [0.5, 0.6) is 0 Å². The van der Waals surface area contributed by atoms with E-state index in [0.29, 0.717) is 5.15 Å². The largest absolute Gasteiger partial charge is 0.238 e. The molecule has 0 amide bonds. The maximum Gasteiger partial charge on any atom is 0.129 e. The fourth-order valence-electron chi connectivity index (χ4n) is 2.13. The van der Waals surface area contributed by atoms with Gasteiger partial charge in [0.05, 0.1) is 11.8 Å². The Balaban J connectivity index is 2.52. The van der Waals surface area contributed by atoms with Crippen molar-refractivity contribution in [3.8, 4) is 6.07 Å². The van der Waals surface area contributed by atoms with Crippen LogP contribution in [0, 0.1) is 11.3 Å². The molecular formula is C11H10BrClN2. The summed E-state index contributed by atoms with van der Waals surface area (Å²) in [5.74, 6) is 0. The normalized spacial score (nSPS) is 18.7. The summed E-state index contributed by atoms with van der Waals surface area (Å²) < 4.78 is 0.885. The molecule has 0 saturated heterocycles. The predicted octanol–water partition coefficient (Wildman–Crippen LogP) is 3.83. The highest BCUT2D eigenvalue weighted by molar-refractivity contribution is 9.10. The first-order chi connectivity index (χ1) is 7.18. The Morgan fingerprint density at radius 3 is 2.67 bits per heavy atom. The Labute approximate surface area is 102 Å². The van der Waals surface area contributed by atoms with E-state index in [4.69, 9.17) is 11.6 Å². The quantitative estimate of drug-likeness (QED) is 0.735. The SMILES string of the molecule is N#CC1(c2nc(Cl)ccc2Br)CCCC1. The van der Waals surface area contributed by atoms with E-state index in [1.807, 2.05) is 6.07 Å². The van der Waals surface area contributed by atoms with Crippen molar-refractivity contribution in [2.45, 2.75) is 31.1 Å². The Morgan fingerprint density at radius 2 is 2.07 bits per heavy atom. The highest BCUT2D eigenvalue weighted by Gasteiger charge is 2.38. The number of nitriles is 1. The van der Waals surface area contributed by atoms with Gasteiger partial charge in [-0.1, -0.05) is 24.4 Å². The second-order valence-corrected chi connectivity index (χ2v) is 5.11. The third kappa shape index (κ3) is 1.89. The van der Waals surface area contributed by atoms with E-state index < -0.39 is 5.41 Å². The van der Waals surface area contributed by atoms with E-state index in [9.17, 15) is 5.26 Å². The Bertz CT molecular complexity index is 419. The van der Waals surface area contributed by atoms with Crippen molar-refractivity contribution in [3.63, 3.8) is 0 Å². The molecule has 78 valence electrons. The second-order valence-electron chi connectivity index (χ2n) is 3.87. The lowest BCUT2D eigenvalue weighted by atomic mass is 9.84. The molecule has 1 aromatic heterocycles. The van der Waals surface area contributed by atoms with Crippen LogP contribution in [0.3, 0.4) is 0 Å². The van der Waals surface area contributed by atoms with Crippen LogP contribution in [-0.4, -0.2) is 4.98 Å². The Kier molecular flexibility index (Phi) is 2.99. The van der Waals surface area contributed by atoms with E-state index in [-0.39, 0.29) is 0 Å². The highest BCUT2D eigenvalue weighted by atomic mass is 79.9. The zero-order valence-corrected chi connectivity index (χ0v) is 10.5. The van der Waals surface area contributed by atoms with Gasteiger partial charge >= 0.3 is 0 Å². The molecule has 0 atom stereocenters. The van der Waals surface area contributed by atoms with Crippen molar-refractivity contribution in [2.75, 3.05) is 0 Å². The Morgan fingerprint density at radius 1 is 1.40 bits per heavy atom. The summed E-state index contributed by atoms with van der Waals surface area (Å²) in [6.45, 7) is 0. The minimum absolute atomic E-state index is 0.427. The number of rotatable bonds is 1. The first kappa shape index (κ1) is 10.9. The second kappa shape index (κ2) is 4.11. The molecule has 1 fully saturated rings. The number of hydrogen-bond acceptors (Lipinski definition) is 2. The number of halogens is 2. The average molecular weight is 286 g/mol. The molecule has 0 radical (unpaired) electrons. The third-order valence-corrected chi connectivity index (χ3v) is 3.79. The molecular weight excluding hydrogens is 275 g/mol. The lowest BCUT2D eigenvalue weighted by Crippen LogP contribution is -2.21. The molecule has 0 N–H and O–H groups in total. The number of hydrogen-bond donors (Lipinski definition) is 0. The number of aromatic nitrogens is 1. The van der Waals surface area contributed by atoms with Gasteiger partial charge in [-0.2, -0.15) is 5.26 Å². The topological polar surface area (TPSA) is 36.7 Å². The third-order valence-electron chi connectivity index (χ3n) is 2.94. The van der Waals surface area contributed by atoms with E-state index in [0.717, 1.165) is 35.8 Å². The molecule has 1 aromatic rings. The molecule has 1 heterocycles. The van der Waals surface area contributed by atoms with Gasteiger partial charge in [0.2, 0.25) is 0 Å². The van der Waals surface area contributed by atoms with Crippen molar-refractivity contribution in [2.24, 2.45) is 0 Å². The van der Waals surface area contributed by atoms with Crippen LogP contribution in [0.15, 0.2) is 16.6 Å². The lowest BCUT2D eigenvalue weighted by molar-refractivity contribution is 0.551. The minimum Gasteiger partial charge on any atom is -0.238 e. The fourth-order valence-corrected chi connectivity index (χ4v) is 2.88. The molecule has 15 heavy (non-hydrogen) atoms. The predicted molar refractivity (Wildman–Crippen MR) is 62.7 cm³/mol. The van der Waals surface area contributed by atoms with Crippen molar-refractivity contribution in [1.29, 1.82) is 5.26 Å². The zero-order chi connectivity index (χ0) is 10.9. The first-order valence-corrected chi connectivity index (χ1v) is 6.09. The van der Waals surface area contributed by atoms with Crippen molar-refractivity contribution in [3.05, 3.63) is 27.5 Å². The van der Waals surface area contributed by atoms with E-state index in [1.165, 1.54) is 0 Å². The number of pyridine rings is 1. The summed E-state index contributed by atoms with van der Waals surface area (Å²) >= 11 is 9.32. The van der Waals surface area contributed by atoms with Gasteiger partial charge in [-0.15, -0.1) is 0 Å². The highest BCUT2D eigenvalue weighted by Crippen LogP contribution is 2.42. The smallest absolute Gasteiger partial charge is 0.129 e. The molecule has 0 spiro atoms. The summed E-state index contributed by atoms with van der Waals surface area (Å²) in [7, 11) is 0. The average Bonchev–Trinajstić information content (AvgIpc) is 2.71. The van der Waals surface area contributed by atoms with E-state index in [2.05, 4.69) is 27.0 Å². The summed E-state index contributed by atoms with van der Waals surface area (Å²) in [6, 6.07) is 6.01. The molecule has 4 heteroatoms. The summed E-state index contributed by atoms with van der Waals surface area (Å²) in [4.78, 5) is 4.29. The molecule has 1 saturated carbocycles. The van der Waals surface area contributed by atoms with Gasteiger partial charge in [0.15, 0.2) is 0 Å². The van der Waals surface area contributed by atoms with Crippen molar-refractivity contribution >= 4 is 27.5 Å². The molecule has 0 bridgehead atoms. The number of nitrogens with zero attached hydrogens (tertiary/aromatic N) is 2. The van der Waals surface area contributed by atoms with Crippen molar-refractivity contribution < 1.29 is 0 Å². The molecule has 2 rings (SSSR count). The molecule has 1 aliphatic rings. The van der Waals surface area contributed by atoms with Crippen LogP contribution in [0.1, 0.15) is 31.4 Å². The summed E-state index contributed by atoms with van der Waals surface area (Å²) in [6.07, 6.45) is 3.95. The van der Waals surface area contributed by atoms with Gasteiger partial charge in [-0.25, -0.2) is 4.98 Å². The minimum atomic E-state index is -0.427. The maximum atomic E-state index is 9.33. The first-order valence-electron chi connectivity index (χ1n) is 4.92. The van der Waals surface area contributed by atoms with E-state index >= 15 is 0 Å². The van der Waals surface area contributed by atoms with Gasteiger partial charge in [0.25, 0.3) is 0 Å². The van der Waals surface area contributed by atoms with Crippen LogP contribution in [0.2, 0.25) is 5.15 Å². The van der Waals surface area contributed by atoms with Crippen LogP contribution in [0.4, 0.5) is 0 Å². The fraction of sp³-hybridized carbons (Fsp3) is 0.455. The molecule has 0 aromatic carbocycles. The summed E-state index contributed by atoms with van der Waals surface area (Å²) in [5.41, 5.74) is 0.374. The molecule has 2 nitrogen and oxygen atoms in total. The van der Waals surface area contributed by atoms with Crippen LogP contribution in [-0.2, 0) is 5.41 Å². The van der Waals surface area contributed by atoms with Crippen molar-refractivity contribution in [1.82, 2.24) is 4.98 Å². The van der Waals surface area contributed by atoms with Gasteiger partial charge in [-0.3, -0.25) is 0 Å². The zero-order valence-electron chi connectivity index (χ0n) is 8.13. The summed E-state index contributed by atoms with van der Waals surface area (Å²) in [5, 5.41) is 9.78. The van der Waals surface area contributed by atoms with Crippen LogP contribution >= 0.6 is 27.5 Å².